The van der Waals surface area contributed by atoms with Crippen molar-refractivity contribution in [1.29, 1.82) is 0 Å². The smallest absolute Gasteiger partial charge is 0.466 e. The summed E-state index contributed by atoms with van der Waals surface area (Å²) < 4.78 is 8.88. The molecule has 0 bridgehead atoms. The van der Waals surface area contributed by atoms with E-state index >= 15 is 0 Å². The third-order valence-electron chi connectivity index (χ3n) is 1.76. The monoisotopic (exact) mass is 267 g/mol. The average molecular weight is 267 g/mol. The van der Waals surface area contributed by atoms with Gasteiger partial charge in [0.15, 0.2) is 0 Å². The lowest BCUT2D eigenvalue weighted by molar-refractivity contribution is 0.254. The minimum Gasteiger partial charge on any atom is -0.506 e. The van der Waals surface area contributed by atoms with Gasteiger partial charge in [0, 0.05) is 17.3 Å². The van der Waals surface area contributed by atoms with E-state index in [2.05, 4.69) is 4.98 Å². The molecule has 0 aliphatic heterocycles. The van der Waals surface area contributed by atoms with Crippen molar-refractivity contribution < 1.29 is 34.6 Å². The summed E-state index contributed by atoms with van der Waals surface area (Å²) in [6.07, 6.45) is 1.45. The summed E-state index contributed by atoms with van der Waals surface area (Å²) in [6, 6.07) is 0. The summed E-state index contributed by atoms with van der Waals surface area (Å²) in [5.41, 5.74) is 1.27. The fourth-order valence-corrected chi connectivity index (χ4v) is 0.997. The van der Waals surface area contributed by atoms with Crippen LogP contribution in [-0.2, 0) is 17.8 Å². The van der Waals surface area contributed by atoms with Crippen molar-refractivity contribution in [3.05, 3.63) is 23.0 Å². The van der Waals surface area contributed by atoms with Gasteiger partial charge in [0.2, 0.25) is 0 Å². The highest BCUT2D eigenvalue weighted by Crippen LogP contribution is 2.25. The summed E-state index contributed by atoms with van der Waals surface area (Å²) in [6.45, 7) is 1.12. The van der Waals surface area contributed by atoms with Gasteiger partial charge in [-0.3, -0.25) is 4.98 Å². The van der Waals surface area contributed by atoms with Crippen LogP contribution in [-0.4, -0.2) is 35.0 Å². The largest absolute Gasteiger partial charge is 0.506 e. The molecule has 98 valence electrons. The van der Waals surface area contributed by atoms with Crippen molar-refractivity contribution in [2.24, 2.45) is 0 Å². The van der Waals surface area contributed by atoms with Gasteiger partial charge >= 0.3 is 7.82 Å². The Morgan fingerprint density at radius 1 is 1.24 bits per heavy atom. The molecular formula is C8H14NO7P. The summed E-state index contributed by atoms with van der Waals surface area (Å²) >= 11 is 0. The highest BCUT2D eigenvalue weighted by atomic mass is 31.2. The zero-order valence-electron chi connectivity index (χ0n) is 8.98. The molecule has 0 aromatic carbocycles. The third kappa shape index (κ3) is 6.32. The molecule has 1 rings (SSSR count). The van der Waals surface area contributed by atoms with E-state index in [-0.39, 0.29) is 19.0 Å². The van der Waals surface area contributed by atoms with Crippen molar-refractivity contribution in [3.63, 3.8) is 0 Å². The molecule has 0 fully saturated rings. The molecule has 1 heterocycles. The molecule has 0 atom stereocenters. The van der Waals surface area contributed by atoms with Crippen molar-refractivity contribution in [2.75, 3.05) is 0 Å². The Morgan fingerprint density at radius 2 is 1.71 bits per heavy atom. The molecule has 0 saturated carbocycles. The molecule has 1 aromatic rings. The van der Waals surface area contributed by atoms with Crippen LogP contribution in [0.4, 0.5) is 0 Å². The maximum atomic E-state index is 9.38. The quantitative estimate of drug-likeness (QED) is 0.379. The number of pyridine rings is 1. The maximum absolute atomic E-state index is 9.38. The molecule has 8 nitrogen and oxygen atoms in total. The van der Waals surface area contributed by atoms with E-state index in [9.17, 15) is 5.11 Å². The Morgan fingerprint density at radius 3 is 2.06 bits per heavy atom. The lowest BCUT2D eigenvalue weighted by Crippen LogP contribution is -1.98. The molecule has 0 aliphatic carbocycles. The second-order valence-corrected chi connectivity index (χ2v) is 4.05. The number of phosphoric acid groups is 1. The highest BCUT2D eigenvalue weighted by molar-refractivity contribution is 7.45. The number of hydrogen-bond acceptors (Lipinski definition) is 5. The Hall–Kier alpha value is -1.02. The van der Waals surface area contributed by atoms with Gasteiger partial charge in [0.05, 0.1) is 18.9 Å². The van der Waals surface area contributed by atoms with E-state index in [1.54, 1.807) is 6.92 Å². The molecule has 6 N–H and O–H groups in total. The molecule has 0 radical (unpaired) electrons. The summed E-state index contributed by atoms with van der Waals surface area (Å²) in [7, 11) is -4.64. The van der Waals surface area contributed by atoms with Gasteiger partial charge in [-0.15, -0.1) is 0 Å². The normalized spacial score (nSPS) is 10.7. The van der Waals surface area contributed by atoms with Gasteiger partial charge in [-0.25, -0.2) is 4.57 Å². The van der Waals surface area contributed by atoms with Gasteiger partial charge < -0.3 is 30.0 Å². The minimum atomic E-state index is -4.64. The standard InChI is InChI=1S/C8H11NO3.H3O4P/c1-5-8(12)7(4-11)6(3-10)2-9-5;1-5(2,3)4/h2,10-12H,3-4H2,1H3;(H3,1,2,3,4). The SMILES string of the molecule is Cc1ncc(CO)c(CO)c1O.O=P(O)(O)O. The number of nitrogens with zero attached hydrogens (tertiary/aromatic N) is 1. The molecule has 1 aromatic heterocycles. The first-order valence-electron chi connectivity index (χ1n) is 4.37. The molecule has 0 saturated heterocycles. The summed E-state index contributed by atoms with van der Waals surface area (Å²) in [5.74, 6) is -0.0379. The Kier molecular flexibility index (Phi) is 6.25. The molecular weight excluding hydrogens is 253 g/mol. The van der Waals surface area contributed by atoms with Gasteiger partial charge in [0.25, 0.3) is 0 Å². The lowest BCUT2D eigenvalue weighted by Gasteiger charge is -2.07. The van der Waals surface area contributed by atoms with Crippen molar-refractivity contribution >= 4 is 7.82 Å². The third-order valence-corrected chi connectivity index (χ3v) is 1.76. The second kappa shape index (κ2) is 6.65. The maximum Gasteiger partial charge on any atom is 0.466 e. The highest BCUT2D eigenvalue weighted by Gasteiger charge is 2.09. The summed E-state index contributed by atoms with van der Waals surface area (Å²) in [4.78, 5) is 25.4. The lowest BCUT2D eigenvalue weighted by atomic mass is 10.1. The Balaban J connectivity index is 0.000000437. The molecule has 0 spiro atoms. The fourth-order valence-electron chi connectivity index (χ4n) is 0.997. The van der Waals surface area contributed by atoms with Crippen LogP contribution in [0.1, 0.15) is 16.8 Å². The van der Waals surface area contributed by atoms with Gasteiger partial charge in [-0.2, -0.15) is 0 Å². The molecule has 0 aliphatic rings. The van der Waals surface area contributed by atoms with E-state index in [0.717, 1.165) is 0 Å². The van der Waals surface area contributed by atoms with Gasteiger partial charge in [-0.1, -0.05) is 0 Å². The van der Waals surface area contributed by atoms with E-state index < -0.39 is 7.82 Å². The van der Waals surface area contributed by atoms with Crippen LogP contribution in [0, 0.1) is 6.92 Å². The number of aromatic nitrogens is 1. The first-order valence-corrected chi connectivity index (χ1v) is 5.93. The van der Waals surface area contributed by atoms with Crippen molar-refractivity contribution in [1.82, 2.24) is 4.98 Å². The zero-order chi connectivity index (χ0) is 13.6. The van der Waals surface area contributed by atoms with E-state index in [1.807, 2.05) is 0 Å². The van der Waals surface area contributed by atoms with Crippen LogP contribution in [0.2, 0.25) is 0 Å². The summed E-state index contributed by atoms with van der Waals surface area (Å²) in [5, 5.41) is 27.0. The van der Waals surface area contributed by atoms with E-state index in [1.165, 1.54) is 6.20 Å². The van der Waals surface area contributed by atoms with Gasteiger partial charge in [-0.05, 0) is 6.92 Å². The molecule has 0 unspecified atom stereocenters. The van der Waals surface area contributed by atoms with Crippen LogP contribution < -0.4 is 0 Å². The number of aliphatic hydroxyl groups excluding tert-OH is 2. The van der Waals surface area contributed by atoms with Crippen LogP contribution >= 0.6 is 7.82 Å². The number of hydrogen-bond donors (Lipinski definition) is 6. The number of aliphatic hydroxyl groups is 2. The fraction of sp³-hybridized carbons (Fsp3) is 0.375. The zero-order valence-corrected chi connectivity index (χ0v) is 9.87. The van der Waals surface area contributed by atoms with E-state index in [0.29, 0.717) is 16.8 Å². The molecule has 17 heavy (non-hydrogen) atoms. The van der Waals surface area contributed by atoms with E-state index in [4.69, 9.17) is 29.5 Å². The van der Waals surface area contributed by atoms with Crippen molar-refractivity contribution in [3.8, 4) is 5.75 Å². The van der Waals surface area contributed by atoms with Crippen LogP contribution in [0.15, 0.2) is 6.20 Å². The van der Waals surface area contributed by atoms with Crippen LogP contribution in [0.25, 0.3) is 0 Å². The van der Waals surface area contributed by atoms with Crippen LogP contribution in [0.3, 0.4) is 0 Å². The topological polar surface area (TPSA) is 151 Å². The minimum absolute atomic E-state index is 0.0379. The number of rotatable bonds is 2. The Labute approximate surface area is 97.1 Å². The second-order valence-electron chi connectivity index (χ2n) is 3.03. The first-order chi connectivity index (χ1) is 7.70. The predicted octanol–water partition coefficient (Wildman–Crippen LogP) is -0.848. The first kappa shape index (κ1) is 16.0. The predicted molar refractivity (Wildman–Crippen MR) is 56.7 cm³/mol. The molecule has 9 heteroatoms. The molecule has 0 amide bonds. The van der Waals surface area contributed by atoms with Gasteiger partial charge in [0.1, 0.15) is 5.75 Å². The average Bonchev–Trinajstić information content (AvgIpc) is 2.19. The number of aromatic hydroxyl groups is 1. The number of aryl methyl sites for hydroxylation is 1. The van der Waals surface area contributed by atoms with Crippen molar-refractivity contribution in [2.45, 2.75) is 20.1 Å². The van der Waals surface area contributed by atoms with Crippen LogP contribution in [0.5, 0.6) is 5.75 Å². The Bertz CT molecular complexity index is 408.